The van der Waals surface area contributed by atoms with Gasteiger partial charge in [0.05, 0.1) is 12.0 Å². The topological polar surface area (TPSA) is 40.5 Å². The van der Waals surface area contributed by atoms with Gasteiger partial charge in [-0.3, -0.25) is 4.79 Å². The van der Waals surface area contributed by atoms with Gasteiger partial charge in [0.25, 0.3) is 0 Å². The Morgan fingerprint density at radius 1 is 1.33 bits per heavy atom. The van der Waals surface area contributed by atoms with Crippen LogP contribution in [0.1, 0.15) is 56.1 Å². The van der Waals surface area contributed by atoms with E-state index in [9.17, 15) is 9.90 Å². The third-order valence-electron chi connectivity index (χ3n) is 4.76. The first-order chi connectivity index (χ1) is 10.1. The fourth-order valence-corrected chi connectivity index (χ4v) is 3.41. The van der Waals surface area contributed by atoms with Gasteiger partial charge in [-0.25, -0.2) is 0 Å². The van der Waals surface area contributed by atoms with Crippen LogP contribution in [-0.4, -0.2) is 27.6 Å². The maximum atomic E-state index is 12.6. The minimum Gasteiger partial charge on any atom is -0.389 e. The van der Waals surface area contributed by atoms with E-state index in [2.05, 4.69) is 25.1 Å². The molecule has 1 amide bonds. The van der Waals surface area contributed by atoms with Crippen LogP contribution in [0.15, 0.2) is 24.3 Å². The Hall–Kier alpha value is -1.35. The average Bonchev–Trinajstić information content (AvgIpc) is 3.18. The zero-order valence-electron chi connectivity index (χ0n) is 12.8. The lowest BCUT2D eigenvalue weighted by Crippen LogP contribution is -2.38. The third kappa shape index (κ3) is 3.65. The number of aryl methyl sites for hydroxylation is 1. The molecule has 0 atom stereocenters. The molecule has 3 rings (SSSR count). The van der Waals surface area contributed by atoms with E-state index in [0.717, 1.165) is 38.5 Å². The first-order valence-electron chi connectivity index (χ1n) is 8.13. The van der Waals surface area contributed by atoms with Crippen LogP contribution in [0.2, 0.25) is 0 Å². The molecule has 1 aromatic carbocycles. The minimum absolute atomic E-state index is 0.128. The summed E-state index contributed by atoms with van der Waals surface area (Å²) in [4.78, 5) is 14.6. The lowest BCUT2D eigenvalue weighted by atomic mass is 9.97. The molecule has 3 nitrogen and oxygen atoms in total. The van der Waals surface area contributed by atoms with Crippen molar-refractivity contribution < 1.29 is 9.90 Å². The van der Waals surface area contributed by atoms with Gasteiger partial charge in [-0.1, -0.05) is 42.7 Å². The first-order valence-corrected chi connectivity index (χ1v) is 8.13. The standard InChI is InChI=1S/C18H25NO2/c1-14-5-4-6-15(11-14)13-19(16-7-8-16)17(20)12-18(21)9-2-3-10-18/h4-6,11,16,21H,2-3,7-10,12-13H2,1H3. The van der Waals surface area contributed by atoms with Crippen LogP contribution in [0, 0.1) is 6.92 Å². The van der Waals surface area contributed by atoms with Gasteiger partial charge in [0, 0.05) is 12.6 Å². The van der Waals surface area contributed by atoms with Crippen molar-refractivity contribution in [2.75, 3.05) is 0 Å². The van der Waals surface area contributed by atoms with E-state index in [4.69, 9.17) is 0 Å². The summed E-state index contributed by atoms with van der Waals surface area (Å²) in [7, 11) is 0. The number of hydrogen-bond acceptors (Lipinski definition) is 2. The molecular weight excluding hydrogens is 262 g/mol. The summed E-state index contributed by atoms with van der Waals surface area (Å²) in [5.41, 5.74) is 1.68. The zero-order chi connectivity index (χ0) is 14.9. The van der Waals surface area contributed by atoms with Crippen LogP contribution in [0.5, 0.6) is 0 Å². The highest BCUT2D eigenvalue weighted by molar-refractivity contribution is 5.78. The summed E-state index contributed by atoms with van der Waals surface area (Å²) >= 11 is 0. The fourth-order valence-electron chi connectivity index (χ4n) is 3.41. The second-order valence-electron chi connectivity index (χ2n) is 6.85. The molecule has 0 aliphatic heterocycles. The molecule has 21 heavy (non-hydrogen) atoms. The second kappa shape index (κ2) is 5.80. The number of carbonyl (C=O) groups is 1. The van der Waals surface area contributed by atoms with Crippen LogP contribution in [0.3, 0.4) is 0 Å². The Morgan fingerprint density at radius 2 is 2.05 bits per heavy atom. The highest BCUT2D eigenvalue weighted by Crippen LogP contribution is 2.35. The van der Waals surface area contributed by atoms with Crippen molar-refractivity contribution in [3.63, 3.8) is 0 Å². The van der Waals surface area contributed by atoms with E-state index in [1.165, 1.54) is 11.1 Å². The predicted molar refractivity (Wildman–Crippen MR) is 82.8 cm³/mol. The summed E-state index contributed by atoms with van der Waals surface area (Å²) in [5, 5.41) is 10.5. The Morgan fingerprint density at radius 3 is 2.67 bits per heavy atom. The van der Waals surface area contributed by atoms with E-state index in [-0.39, 0.29) is 5.91 Å². The third-order valence-corrected chi connectivity index (χ3v) is 4.76. The van der Waals surface area contributed by atoms with E-state index >= 15 is 0 Å². The normalized spacial score (nSPS) is 20.5. The fraction of sp³-hybridized carbons (Fsp3) is 0.611. The van der Waals surface area contributed by atoms with Crippen molar-refractivity contribution in [1.29, 1.82) is 0 Å². The van der Waals surface area contributed by atoms with Gasteiger partial charge >= 0.3 is 0 Å². The van der Waals surface area contributed by atoms with Crippen molar-refractivity contribution in [1.82, 2.24) is 4.90 Å². The molecule has 0 spiro atoms. The molecule has 0 saturated heterocycles. The van der Waals surface area contributed by atoms with Crippen LogP contribution in [0.25, 0.3) is 0 Å². The Bertz CT molecular complexity index is 516. The van der Waals surface area contributed by atoms with Gasteiger partial charge in [-0.2, -0.15) is 0 Å². The monoisotopic (exact) mass is 287 g/mol. The number of carbonyl (C=O) groups excluding carboxylic acids is 1. The summed E-state index contributed by atoms with van der Waals surface area (Å²) in [6.45, 7) is 2.76. The molecule has 3 heteroatoms. The lowest BCUT2D eigenvalue weighted by Gasteiger charge is -2.28. The Balaban J connectivity index is 1.68. The summed E-state index contributed by atoms with van der Waals surface area (Å²) in [6, 6.07) is 8.74. The molecular formula is C18H25NO2. The maximum absolute atomic E-state index is 12.6. The number of rotatable bonds is 5. The van der Waals surface area contributed by atoms with Crippen LogP contribution in [-0.2, 0) is 11.3 Å². The molecule has 0 bridgehead atoms. The number of aliphatic hydroxyl groups is 1. The predicted octanol–water partition coefficient (Wildman–Crippen LogP) is 3.18. The van der Waals surface area contributed by atoms with Gasteiger partial charge in [-0.15, -0.1) is 0 Å². The van der Waals surface area contributed by atoms with Gasteiger partial charge in [0.1, 0.15) is 0 Å². The molecule has 2 saturated carbocycles. The Labute approximate surface area is 127 Å². The van der Waals surface area contributed by atoms with Crippen molar-refractivity contribution in [3.05, 3.63) is 35.4 Å². The van der Waals surface area contributed by atoms with Gasteiger partial charge in [-0.05, 0) is 38.2 Å². The smallest absolute Gasteiger partial charge is 0.226 e. The molecule has 1 aromatic rings. The summed E-state index contributed by atoms with van der Waals surface area (Å²) < 4.78 is 0. The molecule has 2 aliphatic rings. The number of benzene rings is 1. The van der Waals surface area contributed by atoms with Crippen molar-refractivity contribution in [2.24, 2.45) is 0 Å². The van der Waals surface area contributed by atoms with Crippen LogP contribution < -0.4 is 0 Å². The van der Waals surface area contributed by atoms with Crippen LogP contribution >= 0.6 is 0 Å². The molecule has 0 unspecified atom stereocenters. The van der Waals surface area contributed by atoms with Crippen molar-refractivity contribution >= 4 is 5.91 Å². The summed E-state index contributed by atoms with van der Waals surface area (Å²) in [5.74, 6) is 0.128. The van der Waals surface area contributed by atoms with E-state index in [1.54, 1.807) is 0 Å². The first kappa shape index (κ1) is 14.6. The number of nitrogens with zero attached hydrogens (tertiary/aromatic N) is 1. The highest BCUT2D eigenvalue weighted by Gasteiger charge is 2.38. The average molecular weight is 287 g/mol. The number of amides is 1. The highest BCUT2D eigenvalue weighted by atomic mass is 16.3. The van der Waals surface area contributed by atoms with Gasteiger partial charge in [0.2, 0.25) is 5.91 Å². The largest absolute Gasteiger partial charge is 0.389 e. The molecule has 114 valence electrons. The quantitative estimate of drug-likeness (QED) is 0.903. The van der Waals surface area contributed by atoms with Crippen molar-refractivity contribution in [3.8, 4) is 0 Å². The van der Waals surface area contributed by atoms with Crippen molar-refractivity contribution in [2.45, 2.75) is 70.1 Å². The molecule has 1 N–H and O–H groups in total. The molecule has 0 heterocycles. The zero-order valence-corrected chi connectivity index (χ0v) is 12.8. The Kier molecular flexibility index (Phi) is 4.03. The van der Waals surface area contributed by atoms with E-state index < -0.39 is 5.60 Å². The van der Waals surface area contributed by atoms with E-state index in [0.29, 0.717) is 19.0 Å². The molecule has 2 aliphatic carbocycles. The van der Waals surface area contributed by atoms with Crippen LogP contribution in [0.4, 0.5) is 0 Å². The lowest BCUT2D eigenvalue weighted by molar-refractivity contribution is -0.137. The second-order valence-corrected chi connectivity index (χ2v) is 6.85. The van der Waals surface area contributed by atoms with Gasteiger partial charge in [0.15, 0.2) is 0 Å². The SMILES string of the molecule is Cc1cccc(CN(C(=O)CC2(O)CCCC2)C2CC2)c1. The molecule has 2 fully saturated rings. The number of hydrogen-bond donors (Lipinski definition) is 1. The van der Waals surface area contributed by atoms with Gasteiger partial charge < -0.3 is 10.0 Å². The van der Waals surface area contributed by atoms with E-state index in [1.807, 2.05) is 11.0 Å². The summed E-state index contributed by atoms with van der Waals surface area (Å²) in [6.07, 6.45) is 6.17. The molecule has 0 radical (unpaired) electrons. The molecule has 0 aromatic heterocycles. The maximum Gasteiger partial charge on any atom is 0.226 e. The minimum atomic E-state index is -0.739.